The van der Waals surface area contributed by atoms with E-state index in [1.165, 1.54) is 36.0 Å². The lowest BCUT2D eigenvalue weighted by Gasteiger charge is -2.15. The summed E-state index contributed by atoms with van der Waals surface area (Å²) in [4.78, 5) is 24.8. The number of halogens is 1. The van der Waals surface area contributed by atoms with E-state index in [-0.39, 0.29) is 17.6 Å². The number of para-hydroxylation sites is 2. The van der Waals surface area contributed by atoms with Gasteiger partial charge in [-0.2, -0.15) is 0 Å². The normalized spacial score (nSPS) is 11.6. The molecule has 0 aliphatic heterocycles. The number of rotatable bonds is 9. The van der Waals surface area contributed by atoms with Crippen LogP contribution in [0, 0.1) is 5.82 Å². The largest absolute Gasteiger partial charge is 0.495 e. The number of ether oxygens (including phenoxy) is 1. The predicted molar refractivity (Wildman–Crippen MR) is 120 cm³/mol. The van der Waals surface area contributed by atoms with Gasteiger partial charge in [0.15, 0.2) is 11.0 Å². The molecule has 3 aromatic rings. The molecule has 2 amide bonds. The molecule has 0 unspecified atom stereocenters. The summed E-state index contributed by atoms with van der Waals surface area (Å²) in [5, 5.41) is 14.6. The van der Waals surface area contributed by atoms with Gasteiger partial charge in [0.25, 0.3) is 5.91 Å². The molecule has 1 aromatic heterocycles. The third-order valence-electron chi connectivity index (χ3n) is 4.62. The number of nitrogens with one attached hydrogen (secondary N) is 2. The van der Waals surface area contributed by atoms with Gasteiger partial charge in [0.2, 0.25) is 5.91 Å². The molecule has 0 fully saturated rings. The van der Waals surface area contributed by atoms with E-state index in [9.17, 15) is 14.0 Å². The van der Waals surface area contributed by atoms with Gasteiger partial charge in [0.05, 0.1) is 24.6 Å². The molecular weight excluding hydrogens is 433 g/mol. The zero-order valence-electron chi connectivity index (χ0n) is 18.0. The molecular formula is C22H24FN5O3S. The van der Waals surface area contributed by atoms with Crippen molar-refractivity contribution in [1.29, 1.82) is 0 Å². The van der Waals surface area contributed by atoms with Crippen molar-refractivity contribution >= 4 is 29.3 Å². The third kappa shape index (κ3) is 5.64. The maximum Gasteiger partial charge on any atom is 0.251 e. The van der Waals surface area contributed by atoms with E-state index < -0.39 is 11.9 Å². The maximum absolute atomic E-state index is 13.1. The first-order valence-electron chi connectivity index (χ1n) is 9.98. The maximum atomic E-state index is 13.1. The number of nitrogens with zero attached hydrogens (tertiary/aromatic N) is 3. The number of methoxy groups -OCH3 is 1. The van der Waals surface area contributed by atoms with Crippen molar-refractivity contribution < 1.29 is 18.7 Å². The monoisotopic (exact) mass is 457 g/mol. The lowest BCUT2D eigenvalue weighted by molar-refractivity contribution is -0.113. The molecule has 0 saturated carbocycles. The highest BCUT2D eigenvalue weighted by atomic mass is 32.2. The van der Waals surface area contributed by atoms with E-state index in [4.69, 9.17) is 4.74 Å². The minimum atomic E-state index is -0.434. The van der Waals surface area contributed by atoms with Crippen LogP contribution in [0.5, 0.6) is 5.75 Å². The second-order valence-electron chi connectivity index (χ2n) is 6.82. The Labute approximate surface area is 189 Å². The van der Waals surface area contributed by atoms with Crippen molar-refractivity contribution in [2.45, 2.75) is 31.6 Å². The summed E-state index contributed by atoms with van der Waals surface area (Å²) < 4.78 is 20.2. The fourth-order valence-electron chi connectivity index (χ4n) is 3.03. The van der Waals surface area contributed by atoms with E-state index in [0.29, 0.717) is 34.5 Å². The van der Waals surface area contributed by atoms with E-state index >= 15 is 0 Å². The lowest BCUT2D eigenvalue weighted by atomic mass is 10.2. The summed E-state index contributed by atoms with van der Waals surface area (Å²) in [6.07, 6.45) is 0. The molecule has 0 spiro atoms. The Bertz CT molecular complexity index is 1090. The summed E-state index contributed by atoms with van der Waals surface area (Å²) >= 11 is 1.25. The summed E-state index contributed by atoms with van der Waals surface area (Å²) in [5.74, 6) is 0.327. The molecule has 0 radical (unpaired) electrons. The predicted octanol–water partition coefficient (Wildman–Crippen LogP) is 3.67. The van der Waals surface area contributed by atoms with Crippen molar-refractivity contribution in [3.8, 4) is 5.75 Å². The van der Waals surface area contributed by atoms with Gasteiger partial charge in [-0.05, 0) is 50.2 Å². The number of anilines is 1. The minimum absolute atomic E-state index is 0.131. The third-order valence-corrected chi connectivity index (χ3v) is 5.58. The van der Waals surface area contributed by atoms with Crippen LogP contribution in [0.25, 0.3) is 0 Å². The minimum Gasteiger partial charge on any atom is -0.495 e. The average molecular weight is 458 g/mol. The van der Waals surface area contributed by atoms with Crippen LogP contribution in [0.4, 0.5) is 10.1 Å². The molecule has 0 aliphatic carbocycles. The van der Waals surface area contributed by atoms with Crippen LogP contribution in [-0.2, 0) is 11.3 Å². The average Bonchev–Trinajstić information content (AvgIpc) is 3.21. The van der Waals surface area contributed by atoms with E-state index in [0.717, 1.165) is 0 Å². The molecule has 0 saturated heterocycles. The number of amides is 2. The SMILES string of the molecule is CCn1c(SCC(=O)Nc2ccccc2OC)nnc1[C@@H](C)NC(=O)c1ccc(F)cc1. The van der Waals surface area contributed by atoms with Crippen LogP contribution in [0.2, 0.25) is 0 Å². The molecule has 168 valence electrons. The Morgan fingerprint density at radius 3 is 2.56 bits per heavy atom. The summed E-state index contributed by atoms with van der Waals surface area (Å²) in [5.41, 5.74) is 0.943. The first-order valence-corrected chi connectivity index (χ1v) is 11.0. The number of aromatic nitrogens is 3. The van der Waals surface area contributed by atoms with Gasteiger partial charge < -0.3 is 19.9 Å². The molecule has 3 rings (SSSR count). The number of carbonyl (C=O) groups is 2. The van der Waals surface area contributed by atoms with Gasteiger partial charge in [-0.3, -0.25) is 9.59 Å². The van der Waals surface area contributed by atoms with Crippen LogP contribution in [0.15, 0.2) is 53.7 Å². The topological polar surface area (TPSA) is 98.1 Å². The highest BCUT2D eigenvalue weighted by Gasteiger charge is 2.20. The zero-order valence-corrected chi connectivity index (χ0v) is 18.8. The van der Waals surface area contributed by atoms with Crippen molar-refractivity contribution in [3.63, 3.8) is 0 Å². The van der Waals surface area contributed by atoms with Gasteiger partial charge in [0, 0.05) is 12.1 Å². The Morgan fingerprint density at radius 2 is 1.88 bits per heavy atom. The van der Waals surface area contributed by atoms with Crippen LogP contribution in [0.1, 0.15) is 36.1 Å². The van der Waals surface area contributed by atoms with Crippen LogP contribution in [0.3, 0.4) is 0 Å². The standard InChI is InChI=1S/C22H24FN5O3S/c1-4-28-20(14(2)24-21(30)15-9-11-16(23)12-10-15)26-27-22(28)32-13-19(29)25-17-7-5-6-8-18(17)31-3/h5-12,14H,4,13H2,1-3H3,(H,24,30)(H,25,29)/t14-/m1/s1. The molecule has 2 N–H and O–H groups in total. The van der Waals surface area contributed by atoms with Crippen molar-refractivity contribution in [3.05, 3.63) is 65.7 Å². The number of hydrogen-bond acceptors (Lipinski definition) is 6. The number of thioether (sulfide) groups is 1. The molecule has 1 atom stereocenters. The molecule has 0 bridgehead atoms. The van der Waals surface area contributed by atoms with E-state index in [1.807, 2.05) is 23.6 Å². The molecule has 32 heavy (non-hydrogen) atoms. The van der Waals surface area contributed by atoms with Gasteiger partial charge in [-0.25, -0.2) is 4.39 Å². The number of benzene rings is 2. The van der Waals surface area contributed by atoms with Gasteiger partial charge in [-0.15, -0.1) is 10.2 Å². The first kappa shape index (κ1) is 23.3. The summed E-state index contributed by atoms with van der Waals surface area (Å²) in [6.45, 7) is 4.29. The Morgan fingerprint density at radius 1 is 1.16 bits per heavy atom. The van der Waals surface area contributed by atoms with E-state index in [1.54, 1.807) is 26.2 Å². The highest BCUT2D eigenvalue weighted by molar-refractivity contribution is 7.99. The van der Waals surface area contributed by atoms with Crippen LogP contribution >= 0.6 is 11.8 Å². The van der Waals surface area contributed by atoms with Gasteiger partial charge >= 0.3 is 0 Å². The fraction of sp³-hybridized carbons (Fsp3) is 0.273. The smallest absolute Gasteiger partial charge is 0.251 e. The Kier molecular flexibility index (Phi) is 7.82. The molecule has 2 aromatic carbocycles. The second-order valence-corrected chi connectivity index (χ2v) is 7.77. The van der Waals surface area contributed by atoms with Crippen LogP contribution in [-0.4, -0.2) is 39.4 Å². The summed E-state index contributed by atoms with van der Waals surface area (Å²) in [6, 6.07) is 12.0. The Balaban J connectivity index is 1.63. The van der Waals surface area contributed by atoms with Crippen molar-refractivity contribution in [2.75, 3.05) is 18.2 Å². The Hall–Kier alpha value is -3.40. The van der Waals surface area contributed by atoms with Crippen LogP contribution < -0.4 is 15.4 Å². The molecule has 1 heterocycles. The fourth-order valence-corrected chi connectivity index (χ4v) is 3.84. The van der Waals surface area contributed by atoms with Crippen molar-refractivity contribution in [1.82, 2.24) is 20.1 Å². The van der Waals surface area contributed by atoms with Crippen molar-refractivity contribution in [2.24, 2.45) is 0 Å². The van der Waals surface area contributed by atoms with E-state index in [2.05, 4.69) is 20.8 Å². The van der Waals surface area contributed by atoms with Gasteiger partial charge in [-0.1, -0.05) is 23.9 Å². The lowest BCUT2D eigenvalue weighted by Crippen LogP contribution is -2.28. The highest BCUT2D eigenvalue weighted by Crippen LogP contribution is 2.25. The second kappa shape index (κ2) is 10.8. The molecule has 10 heteroatoms. The summed E-state index contributed by atoms with van der Waals surface area (Å²) in [7, 11) is 1.54. The van der Waals surface area contributed by atoms with Gasteiger partial charge in [0.1, 0.15) is 11.6 Å². The first-order chi connectivity index (χ1) is 15.4. The molecule has 0 aliphatic rings. The number of hydrogen-bond donors (Lipinski definition) is 2. The number of carbonyl (C=O) groups excluding carboxylic acids is 2. The zero-order chi connectivity index (χ0) is 23.1. The molecule has 8 nitrogen and oxygen atoms in total. The quantitative estimate of drug-likeness (QED) is 0.476.